The maximum absolute atomic E-state index is 9.16. The van der Waals surface area contributed by atoms with Crippen molar-refractivity contribution in [2.45, 2.75) is 19.8 Å². The quantitative estimate of drug-likeness (QED) is 0.220. The van der Waals surface area contributed by atoms with E-state index in [1.165, 1.54) is 0 Å². The third kappa shape index (κ3) is 6.73. The normalized spacial score (nSPS) is 10.6. The number of aliphatic hydroxyl groups excluding tert-OH is 1. The Balaban J connectivity index is 1.50. The average molecular weight is 543 g/mol. The second kappa shape index (κ2) is 12.9. The first-order chi connectivity index (χ1) is 17.7. The maximum atomic E-state index is 9.16. The molecular formula is C30H27BrN2O3. The summed E-state index contributed by atoms with van der Waals surface area (Å²) in [6, 6.07) is 31.7. The van der Waals surface area contributed by atoms with Gasteiger partial charge in [0.05, 0.1) is 18.2 Å². The van der Waals surface area contributed by atoms with E-state index in [1.807, 2.05) is 66.7 Å². The minimum atomic E-state index is 0.0647. The smallest absolute Gasteiger partial charge is 0.127 e. The van der Waals surface area contributed by atoms with Gasteiger partial charge in [-0.05, 0) is 50.8 Å². The van der Waals surface area contributed by atoms with E-state index in [4.69, 9.17) is 19.8 Å². The Labute approximate surface area is 220 Å². The molecule has 0 aromatic heterocycles. The van der Waals surface area contributed by atoms with Gasteiger partial charge < -0.3 is 19.9 Å². The predicted molar refractivity (Wildman–Crippen MR) is 145 cm³/mol. The van der Waals surface area contributed by atoms with Crippen LogP contribution in [0.2, 0.25) is 0 Å². The van der Waals surface area contributed by atoms with Crippen LogP contribution in [-0.4, -0.2) is 18.3 Å². The molecule has 182 valence electrons. The average Bonchev–Trinajstić information content (AvgIpc) is 2.93. The van der Waals surface area contributed by atoms with Gasteiger partial charge in [0.2, 0.25) is 0 Å². The molecule has 0 aliphatic carbocycles. The van der Waals surface area contributed by atoms with E-state index < -0.39 is 0 Å². The highest BCUT2D eigenvalue weighted by molar-refractivity contribution is 9.10. The second-order valence-electron chi connectivity index (χ2n) is 8.20. The molecule has 2 N–H and O–H groups in total. The van der Waals surface area contributed by atoms with Gasteiger partial charge in [0.25, 0.3) is 0 Å². The number of nitrogens with one attached hydrogen (secondary N) is 1. The molecule has 0 fully saturated rings. The number of halogens is 1. The molecule has 4 rings (SSSR count). The number of nitrogens with zero attached hydrogens (tertiary/aromatic N) is 1. The number of benzene rings is 4. The Hall–Kier alpha value is -3.63. The molecule has 0 atom stereocenters. The Morgan fingerprint density at radius 1 is 0.833 bits per heavy atom. The van der Waals surface area contributed by atoms with Crippen LogP contribution >= 0.6 is 15.9 Å². The van der Waals surface area contributed by atoms with Gasteiger partial charge in [-0.1, -0.05) is 66.7 Å². The fourth-order valence-corrected chi connectivity index (χ4v) is 4.40. The van der Waals surface area contributed by atoms with Crippen LogP contribution in [0.25, 0.3) is 11.1 Å². The monoisotopic (exact) mass is 542 g/mol. The molecule has 0 aliphatic heterocycles. The number of nitriles is 1. The maximum Gasteiger partial charge on any atom is 0.127 e. The largest absolute Gasteiger partial charge is 0.489 e. The number of hydrogen-bond donors (Lipinski definition) is 2. The molecule has 6 heteroatoms. The minimum Gasteiger partial charge on any atom is -0.489 e. The van der Waals surface area contributed by atoms with Crippen LogP contribution in [0.3, 0.4) is 0 Å². The predicted octanol–water partition coefficient (Wildman–Crippen LogP) is 6.23. The van der Waals surface area contributed by atoms with Crippen LogP contribution in [0.5, 0.6) is 11.5 Å². The van der Waals surface area contributed by atoms with Crippen LogP contribution in [0.4, 0.5) is 0 Å². The van der Waals surface area contributed by atoms with Gasteiger partial charge in [-0.3, -0.25) is 0 Å². The van der Waals surface area contributed by atoms with E-state index >= 15 is 0 Å². The molecule has 0 aliphatic rings. The molecule has 0 radical (unpaired) electrons. The first-order valence-electron chi connectivity index (χ1n) is 11.7. The first kappa shape index (κ1) is 25.5. The van der Waals surface area contributed by atoms with Crippen LogP contribution < -0.4 is 14.8 Å². The zero-order valence-corrected chi connectivity index (χ0v) is 21.4. The fourth-order valence-electron chi connectivity index (χ4n) is 3.79. The lowest BCUT2D eigenvalue weighted by molar-refractivity contribution is 0.282. The van der Waals surface area contributed by atoms with Crippen molar-refractivity contribution >= 4 is 15.9 Å². The summed E-state index contributed by atoms with van der Waals surface area (Å²) in [6.07, 6.45) is 0. The number of hydrogen-bond acceptors (Lipinski definition) is 5. The van der Waals surface area contributed by atoms with Crippen molar-refractivity contribution in [3.05, 3.63) is 118 Å². The van der Waals surface area contributed by atoms with Crippen molar-refractivity contribution < 1.29 is 14.6 Å². The summed E-state index contributed by atoms with van der Waals surface area (Å²) in [5.41, 5.74) is 5.77. The molecule has 0 heterocycles. The zero-order valence-electron chi connectivity index (χ0n) is 19.8. The molecule has 0 saturated carbocycles. The van der Waals surface area contributed by atoms with Gasteiger partial charge in [-0.25, -0.2) is 0 Å². The van der Waals surface area contributed by atoms with Crippen molar-refractivity contribution in [3.63, 3.8) is 0 Å². The second-order valence-corrected chi connectivity index (χ2v) is 9.00. The Morgan fingerprint density at radius 2 is 1.67 bits per heavy atom. The summed E-state index contributed by atoms with van der Waals surface area (Å²) < 4.78 is 13.3. The van der Waals surface area contributed by atoms with Gasteiger partial charge in [0, 0.05) is 34.8 Å². The van der Waals surface area contributed by atoms with Crippen LogP contribution in [0.15, 0.2) is 95.5 Å². The third-order valence-electron chi connectivity index (χ3n) is 5.65. The first-order valence-corrected chi connectivity index (χ1v) is 12.5. The Morgan fingerprint density at radius 3 is 2.47 bits per heavy atom. The molecule has 36 heavy (non-hydrogen) atoms. The SMILES string of the molecule is N#Cc1cccc(COc2cc(OCc3cccc(-c4ccccc4)c3Br)ccc2CNCCO)c1. The Bertz CT molecular complexity index is 1340. The van der Waals surface area contributed by atoms with Crippen molar-refractivity contribution in [1.82, 2.24) is 5.32 Å². The Kier molecular flexibility index (Phi) is 9.12. The van der Waals surface area contributed by atoms with Crippen molar-refractivity contribution in [2.75, 3.05) is 13.2 Å². The van der Waals surface area contributed by atoms with Crippen LogP contribution in [0, 0.1) is 11.3 Å². The van der Waals surface area contributed by atoms with E-state index in [0.717, 1.165) is 32.3 Å². The van der Waals surface area contributed by atoms with E-state index in [-0.39, 0.29) is 6.61 Å². The summed E-state index contributed by atoms with van der Waals surface area (Å²) in [5, 5.41) is 21.5. The van der Waals surface area contributed by atoms with E-state index in [1.54, 1.807) is 6.07 Å². The lowest BCUT2D eigenvalue weighted by Gasteiger charge is -2.16. The molecule has 5 nitrogen and oxygen atoms in total. The standard InChI is InChI=1S/C30H27BrN2O3/c31-30-26(10-5-11-28(30)24-8-2-1-3-9-24)21-35-27-13-12-25(19-33-14-15-34)29(17-27)36-20-23-7-4-6-22(16-23)18-32/h1-13,16-17,33-34H,14-15,19-21H2. The summed E-state index contributed by atoms with van der Waals surface area (Å²) >= 11 is 3.76. The van der Waals surface area contributed by atoms with Crippen molar-refractivity contribution in [1.29, 1.82) is 5.26 Å². The van der Waals surface area contributed by atoms with Crippen molar-refractivity contribution in [2.24, 2.45) is 0 Å². The molecular weight excluding hydrogens is 516 g/mol. The highest BCUT2D eigenvalue weighted by Gasteiger charge is 2.11. The topological polar surface area (TPSA) is 74.5 Å². The van der Waals surface area contributed by atoms with Gasteiger partial charge in [0.1, 0.15) is 24.7 Å². The summed E-state index contributed by atoms with van der Waals surface area (Å²) in [6.45, 7) is 1.84. The molecule has 0 amide bonds. The minimum absolute atomic E-state index is 0.0647. The van der Waals surface area contributed by atoms with Gasteiger partial charge in [0.15, 0.2) is 0 Å². The van der Waals surface area contributed by atoms with Crippen molar-refractivity contribution in [3.8, 4) is 28.7 Å². The molecule has 0 spiro atoms. The third-order valence-corrected chi connectivity index (χ3v) is 6.59. The van der Waals surface area contributed by atoms with E-state index in [9.17, 15) is 0 Å². The molecule has 0 unspecified atom stereocenters. The number of ether oxygens (including phenoxy) is 2. The number of rotatable bonds is 11. The molecule has 4 aromatic carbocycles. The summed E-state index contributed by atoms with van der Waals surface area (Å²) in [7, 11) is 0. The van der Waals surface area contributed by atoms with Gasteiger partial charge >= 0.3 is 0 Å². The van der Waals surface area contributed by atoms with Crippen LogP contribution in [0.1, 0.15) is 22.3 Å². The highest BCUT2D eigenvalue weighted by Crippen LogP contribution is 2.32. The summed E-state index contributed by atoms with van der Waals surface area (Å²) in [5.74, 6) is 1.39. The lowest BCUT2D eigenvalue weighted by Crippen LogP contribution is -2.18. The van der Waals surface area contributed by atoms with E-state index in [0.29, 0.717) is 43.4 Å². The van der Waals surface area contributed by atoms with Gasteiger partial charge in [-0.15, -0.1) is 0 Å². The van der Waals surface area contributed by atoms with Crippen LogP contribution in [-0.2, 0) is 19.8 Å². The van der Waals surface area contributed by atoms with E-state index in [2.05, 4.69) is 45.5 Å². The lowest BCUT2D eigenvalue weighted by atomic mass is 10.0. The fraction of sp³-hybridized carbons (Fsp3) is 0.167. The number of aliphatic hydroxyl groups is 1. The highest BCUT2D eigenvalue weighted by atomic mass is 79.9. The summed E-state index contributed by atoms with van der Waals surface area (Å²) in [4.78, 5) is 0. The van der Waals surface area contributed by atoms with Gasteiger partial charge in [-0.2, -0.15) is 5.26 Å². The molecule has 4 aromatic rings. The molecule has 0 saturated heterocycles. The zero-order chi connectivity index (χ0) is 25.2. The molecule has 0 bridgehead atoms.